The summed E-state index contributed by atoms with van der Waals surface area (Å²) in [6, 6.07) is 20.0. The Balaban J connectivity index is 1.72. The Labute approximate surface area is 219 Å². The Kier molecular flexibility index (Phi) is 7.80. The lowest BCUT2D eigenvalue weighted by molar-refractivity contribution is 0.0526. The molecule has 0 saturated heterocycles. The second kappa shape index (κ2) is 11.0. The maximum atomic E-state index is 13.9. The van der Waals surface area contributed by atoms with Crippen LogP contribution in [0.2, 0.25) is 0 Å². The number of fused-ring (bicyclic) bond motifs is 1. The van der Waals surface area contributed by atoms with Gasteiger partial charge in [0.2, 0.25) is 0 Å². The highest BCUT2D eigenvalue weighted by Gasteiger charge is 2.32. The largest absolute Gasteiger partial charge is 0.494 e. The predicted molar refractivity (Wildman–Crippen MR) is 145 cm³/mol. The second-order valence-corrected chi connectivity index (χ2v) is 10.9. The molecule has 0 saturated carbocycles. The molecule has 4 aromatic rings. The summed E-state index contributed by atoms with van der Waals surface area (Å²) >= 11 is 1.09. The highest BCUT2D eigenvalue weighted by Crippen LogP contribution is 2.38. The van der Waals surface area contributed by atoms with Crippen LogP contribution in [-0.2, 0) is 14.8 Å². The third-order valence-electron chi connectivity index (χ3n) is 5.52. The maximum absolute atomic E-state index is 13.9. The smallest absolute Gasteiger partial charge is 0.338 e. The molecule has 10 heteroatoms. The van der Waals surface area contributed by atoms with E-state index >= 15 is 0 Å². The van der Waals surface area contributed by atoms with Gasteiger partial charge in [-0.25, -0.2) is 13.2 Å². The molecule has 0 aliphatic heterocycles. The van der Waals surface area contributed by atoms with Crippen LogP contribution in [0.25, 0.3) is 10.1 Å². The van der Waals surface area contributed by atoms with Gasteiger partial charge < -0.3 is 14.8 Å². The Morgan fingerprint density at radius 1 is 0.946 bits per heavy atom. The van der Waals surface area contributed by atoms with Crippen molar-refractivity contribution in [3.63, 3.8) is 0 Å². The van der Waals surface area contributed by atoms with Crippen LogP contribution in [0.5, 0.6) is 5.75 Å². The maximum Gasteiger partial charge on any atom is 0.338 e. The normalized spacial score (nSPS) is 11.2. The van der Waals surface area contributed by atoms with Crippen LogP contribution < -0.4 is 14.4 Å². The van der Waals surface area contributed by atoms with E-state index in [9.17, 15) is 18.0 Å². The molecule has 37 heavy (non-hydrogen) atoms. The Hall–Kier alpha value is -3.89. The minimum Gasteiger partial charge on any atom is -0.494 e. The van der Waals surface area contributed by atoms with Gasteiger partial charge in [-0.2, -0.15) is 0 Å². The van der Waals surface area contributed by atoms with Crippen molar-refractivity contribution in [3.05, 3.63) is 83.2 Å². The molecule has 1 heterocycles. The van der Waals surface area contributed by atoms with Gasteiger partial charge in [-0.3, -0.25) is 9.10 Å². The number of amides is 1. The lowest BCUT2D eigenvalue weighted by atomic mass is 10.2. The van der Waals surface area contributed by atoms with Gasteiger partial charge in [-0.15, -0.1) is 11.3 Å². The number of nitrogens with one attached hydrogen (secondary N) is 1. The summed E-state index contributed by atoms with van der Waals surface area (Å²) in [5.41, 5.74) is 1.04. The fourth-order valence-electron chi connectivity index (χ4n) is 3.75. The van der Waals surface area contributed by atoms with E-state index in [-0.39, 0.29) is 21.9 Å². The molecular formula is C27H26N2O6S2. The lowest BCUT2D eigenvalue weighted by Crippen LogP contribution is -2.28. The van der Waals surface area contributed by atoms with Gasteiger partial charge in [0.05, 0.1) is 24.5 Å². The first-order valence-corrected chi connectivity index (χ1v) is 13.8. The van der Waals surface area contributed by atoms with E-state index in [0.717, 1.165) is 15.6 Å². The van der Waals surface area contributed by atoms with Crippen LogP contribution >= 0.6 is 11.3 Å². The summed E-state index contributed by atoms with van der Waals surface area (Å²) in [6.45, 7) is 4.29. The molecule has 0 atom stereocenters. The number of thiophene rings is 1. The van der Waals surface area contributed by atoms with Gasteiger partial charge in [-0.05, 0) is 62.4 Å². The second-order valence-electron chi connectivity index (χ2n) is 7.91. The predicted octanol–water partition coefficient (Wildman–Crippen LogP) is 5.55. The first-order valence-electron chi connectivity index (χ1n) is 11.6. The molecule has 0 aliphatic rings. The third-order valence-corrected chi connectivity index (χ3v) is 8.69. The molecule has 0 spiro atoms. The van der Waals surface area contributed by atoms with Gasteiger partial charge in [0.25, 0.3) is 15.9 Å². The van der Waals surface area contributed by atoms with E-state index in [1.165, 1.54) is 13.1 Å². The topological polar surface area (TPSA) is 102 Å². The average molecular weight is 539 g/mol. The Morgan fingerprint density at radius 2 is 1.68 bits per heavy atom. The molecule has 192 valence electrons. The van der Waals surface area contributed by atoms with Crippen molar-refractivity contribution in [1.29, 1.82) is 0 Å². The summed E-state index contributed by atoms with van der Waals surface area (Å²) < 4.78 is 40.0. The standard InChI is InChI=1S/C27H26N2O6S2/c1-4-34-21-15-13-20(14-16-21)29(3)37(32,33)25-22-11-6-7-12-23(22)36-24(25)26(30)28-19-10-8-9-18(17-19)27(31)35-5-2/h6-17H,4-5H2,1-3H3,(H,28,30). The molecule has 1 amide bonds. The molecule has 0 radical (unpaired) electrons. The molecule has 4 rings (SSSR count). The molecule has 3 aromatic carbocycles. The first-order chi connectivity index (χ1) is 17.8. The van der Waals surface area contributed by atoms with Gasteiger partial charge in [-0.1, -0.05) is 24.3 Å². The van der Waals surface area contributed by atoms with Gasteiger partial charge >= 0.3 is 5.97 Å². The SMILES string of the molecule is CCOC(=O)c1cccc(NC(=O)c2sc3ccccc3c2S(=O)(=O)N(C)c2ccc(OCC)cc2)c1. The number of hydrogen-bond acceptors (Lipinski definition) is 7. The first kappa shape index (κ1) is 26.2. The summed E-state index contributed by atoms with van der Waals surface area (Å²) in [5.74, 6) is -0.482. The quantitative estimate of drug-likeness (QED) is 0.280. The van der Waals surface area contributed by atoms with E-state index in [0.29, 0.717) is 33.8 Å². The number of hydrogen-bond donors (Lipinski definition) is 1. The number of carbonyl (C=O) groups is 2. The van der Waals surface area contributed by atoms with Gasteiger partial charge in [0.15, 0.2) is 0 Å². The number of anilines is 2. The highest BCUT2D eigenvalue weighted by molar-refractivity contribution is 7.93. The summed E-state index contributed by atoms with van der Waals surface area (Å²) in [6.07, 6.45) is 0. The number of carbonyl (C=O) groups excluding carboxylic acids is 2. The summed E-state index contributed by atoms with van der Waals surface area (Å²) in [7, 11) is -2.68. The number of benzene rings is 3. The van der Waals surface area contributed by atoms with Crippen molar-refractivity contribution < 1.29 is 27.5 Å². The van der Waals surface area contributed by atoms with Crippen molar-refractivity contribution in [1.82, 2.24) is 0 Å². The number of rotatable bonds is 9. The Morgan fingerprint density at radius 3 is 2.38 bits per heavy atom. The van der Waals surface area contributed by atoms with Crippen molar-refractivity contribution in [2.75, 3.05) is 29.9 Å². The summed E-state index contributed by atoms with van der Waals surface area (Å²) in [4.78, 5) is 25.5. The van der Waals surface area contributed by atoms with Gasteiger partial charge in [0, 0.05) is 22.8 Å². The van der Waals surface area contributed by atoms with Crippen molar-refractivity contribution >= 4 is 54.7 Å². The fraction of sp³-hybridized carbons (Fsp3) is 0.185. The molecule has 1 aromatic heterocycles. The lowest BCUT2D eigenvalue weighted by Gasteiger charge is -2.20. The zero-order valence-electron chi connectivity index (χ0n) is 20.6. The van der Waals surface area contributed by atoms with Crippen molar-refractivity contribution in [2.24, 2.45) is 0 Å². The van der Waals surface area contributed by atoms with Gasteiger partial charge in [0.1, 0.15) is 15.5 Å². The zero-order chi connectivity index (χ0) is 26.6. The highest BCUT2D eigenvalue weighted by atomic mass is 32.2. The molecule has 0 bridgehead atoms. The van der Waals surface area contributed by atoms with Crippen molar-refractivity contribution in [2.45, 2.75) is 18.7 Å². The fourth-order valence-corrected chi connectivity index (χ4v) is 6.70. The minimum absolute atomic E-state index is 0.0422. The van der Waals surface area contributed by atoms with Crippen LogP contribution in [0.3, 0.4) is 0 Å². The van der Waals surface area contributed by atoms with Crippen LogP contribution in [-0.4, -0.2) is 40.6 Å². The van der Waals surface area contributed by atoms with E-state index in [2.05, 4.69) is 5.32 Å². The van der Waals surface area contributed by atoms with E-state index in [1.54, 1.807) is 73.7 Å². The Bertz CT molecular complexity index is 1540. The molecule has 1 N–H and O–H groups in total. The van der Waals surface area contributed by atoms with Crippen LogP contribution in [0, 0.1) is 0 Å². The molecule has 0 unspecified atom stereocenters. The molecular weight excluding hydrogens is 512 g/mol. The molecule has 0 aliphatic carbocycles. The van der Waals surface area contributed by atoms with E-state index in [1.807, 2.05) is 6.92 Å². The molecule has 0 fully saturated rings. The minimum atomic E-state index is -4.13. The van der Waals surface area contributed by atoms with E-state index in [4.69, 9.17) is 9.47 Å². The van der Waals surface area contributed by atoms with Crippen LogP contribution in [0.1, 0.15) is 33.9 Å². The zero-order valence-corrected chi connectivity index (χ0v) is 22.2. The summed E-state index contributed by atoms with van der Waals surface area (Å²) in [5, 5.41) is 3.19. The molecule has 8 nitrogen and oxygen atoms in total. The van der Waals surface area contributed by atoms with Crippen LogP contribution in [0.4, 0.5) is 11.4 Å². The average Bonchev–Trinajstić information content (AvgIpc) is 3.30. The number of nitrogens with zero attached hydrogens (tertiary/aromatic N) is 1. The van der Waals surface area contributed by atoms with E-state index < -0.39 is 21.9 Å². The third kappa shape index (κ3) is 5.45. The number of sulfonamides is 1. The van der Waals surface area contributed by atoms with Crippen molar-refractivity contribution in [3.8, 4) is 5.75 Å². The van der Waals surface area contributed by atoms with Crippen LogP contribution in [0.15, 0.2) is 77.7 Å². The monoisotopic (exact) mass is 538 g/mol. The number of esters is 1. The number of ether oxygens (including phenoxy) is 2.